The highest BCUT2D eigenvalue weighted by atomic mass is 32.2. The average Bonchev–Trinajstić information content (AvgIpc) is 2.28. The number of hydrogen-bond donors (Lipinski definition) is 1. The number of fused-ring (bicyclic) bond motifs is 1. The average molecular weight is 250 g/mol. The SMILES string of the molecule is CC(C)[C@H]1Sc2ccccc2C(=O)[C@H]1[C@@H](C)O. The minimum Gasteiger partial charge on any atom is -0.393 e. The molecule has 0 amide bonds. The molecule has 1 heterocycles. The van der Waals surface area contributed by atoms with Gasteiger partial charge in [-0.3, -0.25) is 4.79 Å². The lowest BCUT2D eigenvalue weighted by Crippen LogP contribution is -2.40. The molecule has 0 saturated heterocycles. The highest BCUT2D eigenvalue weighted by Crippen LogP contribution is 2.42. The summed E-state index contributed by atoms with van der Waals surface area (Å²) >= 11 is 1.72. The van der Waals surface area contributed by atoms with Crippen molar-refractivity contribution < 1.29 is 9.90 Å². The number of aliphatic hydroxyl groups excluding tert-OH is 1. The summed E-state index contributed by atoms with van der Waals surface area (Å²) in [6.45, 7) is 5.93. The molecule has 1 aromatic carbocycles. The number of carbonyl (C=O) groups is 1. The summed E-state index contributed by atoms with van der Waals surface area (Å²) in [5.74, 6) is 0.180. The van der Waals surface area contributed by atoms with Crippen molar-refractivity contribution in [2.75, 3.05) is 0 Å². The van der Waals surface area contributed by atoms with Crippen LogP contribution in [0.1, 0.15) is 31.1 Å². The Labute approximate surface area is 106 Å². The first-order valence-electron chi connectivity index (χ1n) is 6.00. The van der Waals surface area contributed by atoms with Gasteiger partial charge in [0, 0.05) is 15.7 Å². The van der Waals surface area contributed by atoms with E-state index < -0.39 is 6.10 Å². The highest BCUT2D eigenvalue weighted by Gasteiger charge is 2.40. The van der Waals surface area contributed by atoms with Gasteiger partial charge in [-0.1, -0.05) is 32.0 Å². The van der Waals surface area contributed by atoms with Crippen LogP contribution in [0.2, 0.25) is 0 Å². The van der Waals surface area contributed by atoms with Gasteiger partial charge in [0.2, 0.25) is 0 Å². The molecule has 0 fully saturated rings. The number of aliphatic hydroxyl groups is 1. The van der Waals surface area contributed by atoms with E-state index in [1.54, 1.807) is 18.7 Å². The maximum atomic E-state index is 12.4. The van der Waals surface area contributed by atoms with Gasteiger partial charge in [0.25, 0.3) is 0 Å². The Kier molecular flexibility index (Phi) is 3.59. The van der Waals surface area contributed by atoms with E-state index >= 15 is 0 Å². The van der Waals surface area contributed by atoms with E-state index in [0.29, 0.717) is 5.92 Å². The van der Waals surface area contributed by atoms with Crippen molar-refractivity contribution in [1.82, 2.24) is 0 Å². The lowest BCUT2D eigenvalue weighted by Gasteiger charge is -2.35. The van der Waals surface area contributed by atoms with Crippen molar-refractivity contribution in [3.63, 3.8) is 0 Å². The zero-order valence-corrected chi connectivity index (χ0v) is 11.2. The second kappa shape index (κ2) is 4.83. The lowest BCUT2D eigenvalue weighted by atomic mass is 9.85. The van der Waals surface area contributed by atoms with E-state index in [0.717, 1.165) is 10.5 Å². The van der Waals surface area contributed by atoms with Crippen molar-refractivity contribution in [1.29, 1.82) is 0 Å². The van der Waals surface area contributed by atoms with Crippen molar-refractivity contribution in [2.24, 2.45) is 11.8 Å². The molecule has 1 N–H and O–H groups in total. The maximum absolute atomic E-state index is 12.4. The first-order valence-corrected chi connectivity index (χ1v) is 6.88. The number of hydrogen-bond acceptors (Lipinski definition) is 3. The van der Waals surface area contributed by atoms with Crippen molar-refractivity contribution >= 4 is 17.5 Å². The summed E-state index contributed by atoms with van der Waals surface area (Å²) in [5, 5.41) is 10.0. The second-order valence-electron chi connectivity index (χ2n) is 4.95. The third-order valence-electron chi connectivity index (χ3n) is 3.25. The molecule has 1 aliphatic heterocycles. The minimum atomic E-state index is -0.587. The van der Waals surface area contributed by atoms with Crippen LogP contribution in [-0.4, -0.2) is 22.2 Å². The Balaban J connectivity index is 2.44. The van der Waals surface area contributed by atoms with E-state index in [4.69, 9.17) is 0 Å². The smallest absolute Gasteiger partial charge is 0.170 e. The quantitative estimate of drug-likeness (QED) is 0.876. The van der Waals surface area contributed by atoms with Crippen molar-refractivity contribution in [3.8, 4) is 0 Å². The topological polar surface area (TPSA) is 37.3 Å². The molecule has 3 atom stereocenters. The van der Waals surface area contributed by atoms with Crippen LogP contribution in [0.25, 0.3) is 0 Å². The fourth-order valence-electron chi connectivity index (χ4n) is 2.37. The largest absolute Gasteiger partial charge is 0.393 e. The lowest BCUT2D eigenvalue weighted by molar-refractivity contribution is 0.0686. The van der Waals surface area contributed by atoms with Gasteiger partial charge in [-0.25, -0.2) is 0 Å². The van der Waals surface area contributed by atoms with Gasteiger partial charge >= 0.3 is 0 Å². The van der Waals surface area contributed by atoms with Crippen LogP contribution >= 0.6 is 11.8 Å². The summed E-state index contributed by atoms with van der Waals surface area (Å²) in [4.78, 5) is 13.4. The molecular weight excluding hydrogens is 232 g/mol. The molecule has 92 valence electrons. The molecule has 0 aliphatic carbocycles. The van der Waals surface area contributed by atoms with Crippen LogP contribution in [0.5, 0.6) is 0 Å². The fraction of sp³-hybridized carbons (Fsp3) is 0.500. The van der Waals surface area contributed by atoms with Crippen molar-refractivity contribution in [2.45, 2.75) is 37.0 Å². The van der Waals surface area contributed by atoms with E-state index in [2.05, 4.69) is 13.8 Å². The summed E-state index contributed by atoms with van der Waals surface area (Å²) < 4.78 is 0. The molecule has 2 nitrogen and oxygen atoms in total. The summed E-state index contributed by atoms with van der Waals surface area (Å²) in [6, 6.07) is 7.69. The number of benzene rings is 1. The third kappa shape index (κ3) is 2.26. The van der Waals surface area contributed by atoms with Gasteiger partial charge in [-0.05, 0) is 18.9 Å². The second-order valence-corrected chi connectivity index (χ2v) is 6.17. The fourth-order valence-corrected chi connectivity index (χ4v) is 3.88. The van der Waals surface area contributed by atoms with Gasteiger partial charge in [0.05, 0.1) is 12.0 Å². The Morgan fingerprint density at radius 2 is 1.88 bits per heavy atom. The summed E-state index contributed by atoms with van der Waals surface area (Å²) in [7, 11) is 0. The van der Waals surface area contributed by atoms with Gasteiger partial charge in [0.15, 0.2) is 5.78 Å². The van der Waals surface area contributed by atoms with Crippen LogP contribution in [0.15, 0.2) is 29.2 Å². The van der Waals surface area contributed by atoms with Gasteiger partial charge in [0.1, 0.15) is 0 Å². The Bertz CT molecular complexity index is 426. The Morgan fingerprint density at radius 3 is 2.47 bits per heavy atom. The van der Waals surface area contributed by atoms with E-state index in [9.17, 15) is 9.90 Å². The molecule has 17 heavy (non-hydrogen) atoms. The predicted octanol–water partition coefficient (Wildman–Crippen LogP) is 3.00. The van der Waals surface area contributed by atoms with Crippen LogP contribution in [0.3, 0.4) is 0 Å². The molecular formula is C14H18O2S. The number of carbonyl (C=O) groups excluding carboxylic acids is 1. The molecule has 0 spiro atoms. The van der Waals surface area contributed by atoms with Crippen LogP contribution in [0.4, 0.5) is 0 Å². The van der Waals surface area contributed by atoms with E-state index in [1.807, 2.05) is 24.3 Å². The first kappa shape index (κ1) is 12.7. The normalized spacial score (nSPS) is 25.8. The van der Waals surface area contributed by atoms with Crippen molar-refractivity contribution in [3.05, 3.63) is 29.8 Å². The van der Waals surface area contributed by atoms with Crippen LogP contribution in [0, 0.1) is 11.8 Å². The summed E-state index contributed by atoms with van der Waals surface area (Å²) in [5.41, 5.74) is 0.764. The van der Waals surface area contributed by atoms with Gasteiger partial charge in [-0.15, -0.1) is 11.8 Å². The molecule has 0 aromatic heterocycles. The molecule has 0 bridgehead atoms. The van der Waals surface area contributed by atoms with Gasteiger partial charge in [-0.2, -0.15) is 0 Å². The molecule has 2 rings (SSSR count). The molecule has 1 aromatic rings. The number of rotatable bonds is 2. The third-order valence-corrected chi connectivity index (χ3v) is 4.97. The maximum Gasteiger partial charge on any atom is 0.170 e. The summed E-state index contributed by atoms with van der Waals surface area (Å²) in [6.07, 6.45) is -0.587. The monoisotopic (exact) mass is 250 g/mol. The van der Waals surface area contributed by atoms with E-state index in [-0.39, 0.29) is 17.0 Å². The molecule has 0 saturated carbocycles. The molecule has 1 aliphatic rings. The molecule has 0 radical (unpaired) electrons. The standard InChI is InChI=1S/C14H18O2S/c1-8(2)14-12(9(3)15)13(16)10-6-4-5-7-11(10)17-14/h4-9,12,14-15H,1-3H3/t9-,12-,14-/m1/s1. The number of Topliss-reactive ketones (excluding diaryl/α,β-unsaturated/α-hetero) is 1. The predicted molar refractivity (Wildman–Crippen MR) is 70.4 cm³/mol. The zero-order valence-electron chi connectivity index (χ0n) is 10.4. The highest BCUT2D eigenvalue weighted by molar-refractivity contribution is 8.00. The van der Waals surface area contributed by atoms with Crippen LogP contribution < -0.4 is 0 Å². The first-order chi connectivity index (χ1) is 8.02. The van der Waals surface area contributed by atoms with Crippen LogP contribution in [-0.2, 0) is 0 Å². The number of thioether (sulfide) groups is 1. The minimum absolute atomic E-state index is 0.0908. The Hall–Kier alpha value is -0.800. The zero-order chi connectivity index (χ0) is 12.6. The molecule has 3 heteroatoms. The van der Waals surface area contributed by atoms with Gasteiger partial charge < -0.3 is 5.11 Å². The Morgan fingerprint density at radius 1 is 1.24 bits per heavy atom. The van der Waals surface area contributed by atoms with E-state index in [1.165, 1.54) is 0 Å². The number of ketones is 1. The molecule has 0 unspecified atom stereocenters.